The van der Waals surface area contributed by atoms with E-state index in [0.717, 1.165) is 45.2 Å². The maximum atomic E-state index is 11.0. The second-order valence-corrected chi connectivity index (χ2v) is 8.47. The zero-order valence-corrected chi connectivity index (χ0v) is 19.6. The molecule has 3 aromatic carbocycles. The Bertz CT molecular complexity index is 1360. The van der Waals surface area contributed by atoms with Crippen molar-refractivity contribution in [2.24, 2.45) is 5.10 Å². The van der Waals surface area contributed by atoms with Gasteiger partial charge in [-0.3, -0.25) is 15.8 Å². The average Bonchev–Trinajstić information content (AvgIpc) is 3.19. The molecule has 0 saturated carbocycles. The van der Waals surface area contributed by atoms with Crippen LogP contribution in [0.2, 0.25) is 0 Å². The summed E-state index contributed by atoms with van der Waals surface area (Å²) in [6.07, 6.45) is 1.18. The molecule has 1 aromatic heterocycles. The molecule has 0 atom stereocenters. The van der Waals surface area contributed by atoms with Crippen LogP contribution >= 0.6 is 0 Å². The molecule has 0 amide bonds. The molecule has 0 fully saturated rings. The zero-order valence-electron chi connectivity index (χ0n) is 19.6. The van der Waals surface area contributed by atoms with Gasteiger partial charge in [0.2, 0.25) is 0 Å². The van der Waals surface area contributed by atoms with Crippen molar-refractivity contribution in [3.05, 3.63) is 88.0 Å². The van der Waals surface area contributed by atoms with Crippen molar-refractivity contribution in [3.63, 3.8) is 0 Å². The lowest BCUT2D eigenvalue weighted by Gasteiger charge is -2.37. The van der Waals surface area contributed by atoms with Crippen molar-refractivity contribution >= 4 is 33.7 Å². The van der Waals surface area contributed by atoms with Crippen LogP contribution in [0.5, 0.6) is 0 Å². The molecule has 0 aliphatic carbocycles. The second kappa shape index (κ2) is 10.2. The van der Waals surface area contributed by atoms with E-state index in [1.54, 1.807) is 0 Å². The predicted octanol–water partition coefficient (Wildman–Crippen LogP) is 6.52. The highest BCUT2D eigenvalue weighted by atomic mass is 16.8. The minimum absolute atomic E-state index is 0.176. The van der Waals surface area contributed by atoms with Gasteiger partial charge in [0.25, 0.3) is 0 Å². The molecule has 0 aliphatic heterocycles. The van der Waals surface area contributed by atoms with E-state index in [-0.39, 0.29) is 22.3 Å². The fraction of sp³-hybridized carbons (Fsp3) is 0.192. The number of rotatable bonds is 8. The largest absolute Gasteiger partial charge is 0.769 e. The number of nitrogens with one attached hydrogen (secondary N) is 1. The molecular formula is C26H26N4O5-2. The molecule has 0 unspecified atom stereocenters. The summed E-state index contributed by atoms with van der Waals surface area (Å²) in [5, 5.41) is 45.4. The van der Waals surface area contributed by atoms with E-state index < -0.39 is 5.23 Å². The van der Waals surface area contributed by atoms with Gasteiger partial charge in [0.15, 0.2) is 0 Å². The van der Waals surface area contributed by atoms with Gasteiger partial charge in [0.1, 0.15) is 17.0 Å². The van der Waals surface area contributed by atoms with Crippen LogP contribution in [0.25, 0.3) is 22.1 Å². The molecule has 4 rings (SSSR count). The number of nitrogens with zero attached hydrogens (tertiary/aromatic N) is 3. The summed E-state index contributed by atoms with van der Waals surface area (Å²) in [5.74, 6) is 0.858. The van der Waals surface area contributed by atoms with E-state index in [1.807, 2.05) is 19.1 Å². The number of hydrazone groups is 1. The van der Waals surface area contributed by atoms with Crippen molar-refractivity contribution in [3.8, 4) is 11.1 Å². The van der Waals surface area contributed by atoms with Crippen molar-refractivity contribution in [2.45, 2.75) is 33.6 Å². The second-order valence-electron chi connectivity index (χ2n) is 8.47. The van der Waals surface area contributed by atoms with Crippen molar-refractivity contribution in [1.82, 2.24) is 0 Å². The molecule has 0 radical (unpaired) electrons. The number of fused-ring (bicyclic) bond motifs is 1. The molecule has 0 aliphatic rings. The quantitative estimate of drug-likeness (QED) is 0.194. The first kappa shape index (κ1) is 24.2. The molecule has 1 heterocycles. The van der Waals surface area contributed by atoms with Crippen LogP contribution in [-0.2, 0) is 6.42 Å². The van der Waals surface area contributed by atoms with Gasteiger partial charge in [-0.05, 0) is 63.1 Å². The molecule has 9 heteroatoms. The van der Waals surface area contributed by atoms with E-state index in [9.17, 15) is 20.8 Å². The Balaban J connectivity index is 1.57. The molecule has 9 nitrogen and oxygen atoms in total. The van der Waals surface area contributed by atoms with E-state index in [4.69, 9.17) is 4.42 Å². The normalized spacial score (nSPS) is 11.7. The van der Waals surface area contributed by atoms with Crippen molar-refractivity contribution < 1.29 is 14.8 Å². The van der Waals surface area contributed by atoms with Gasteiger partial charge in [0.05, 0.1) is 5.69 Å². The van der Waals surface area contributed by atoms with Crippen LogP contribution in [0.1, 0.15) is 30.2 Å². The van der Waals surface area contributed by atoms with E-state index in [0.29, 0.717) is 12.8 Å². The molecule has 0 saturated heterocycles. The fourth-order valence-electron chi connectivity index (χ4n) is 3.87. The molecular weight excluding hydrogens is 448 g/mol. The minimum atomic E-state index is -0.619. The van der Waals surface area contributed by atoms with Crippen molar-refractivity contribution in [2.75, 3.05) is 15.9 Å². The topological polar surface area (TPSA) is 131 Å². The fourth-order valence-corrected chi connectivity index (χ4v) is 3.87. The lowest BCUT2D eigenvalue weighted by Crippen LogP contribution is -2.14. The van der Waals surface area contributed by atoms with Gasteiger partial charge in [-0.15, -0.1) is 5.23 Å². The van der Waals surface area contributed by atoms with Crippen LogP contribution in [0.15, 0.2) is 70.2 Å². The SMILES string of the molecule is CC(CCc1oc2ccc(C)cc2c1-c1ccc(C)cc1)=NNc1ccc(N([O-])[O-])cc1N(O)O. The third-order valence-electron chi connectivity index (χ3n) is 5.75. The molecule has 0 bridgehead atoms. The van der Waals surface area contributed by atoms with Gasteiger partial charge in [-0.1, -0.05) is 41.5 Å². The first-order chi connectivity index (χ1) is 16.7. The molecule has 182 valence electrons. The number of anilines is 3. The maximum absolute atomic E-state index is 11.0. The third-order valence-corrected chi connectivity index (χ3v) is 5.75. The molecule has 35 heavy (non-hydrogen) atoms. The van der Waals surface area contributed by atoms with Crippen LogP contribution in [0.3, 0.4) is 0 Å². The summed E-state index contributed by atoms with van der Waals surface area (Å²) in [7, 11) is 0. The Morgan fingerprint density at radius 1 is 0.971 bits per heavy atom. The lowest BCUT2D eigenvalue weighted by atomic mass is 9.98. The Hall–Kier alpha value is -3.89. The van der Waals surface area contributed by atoms with Crippen molar-refractivity contribution in [1.29, 1.82) is 0 Å². The minimum Gasteiger partial charge on any atom is -0.769 e. The number of hydrogen-bond donors (Lipinski definition) is 3. The van der Waals surface area contributed by atoms with Crippen LogP contribution in [-0.4, -0.2) is 16.1 Å². The third kappa shape index (κ3) is 5.44. The highest BCUT2D eigenvalue weighted by Crippen LogP contribution is 2.36. The average molecular weight is 475 g/mol. The first-order valence-corrected chi connectivity index (χ1v) is 11.1. The Morgan fingerprint density at radius 2 is 1.69 bits per heavy atom. The maximum Gasteiger partial charge on any atom is 0.134 e. The Kier molecular flexibility index (Phi) is 7.04. The Labute approximate surface area is 202 Å². The summed E-state index contributed by atoms with van der Waals surface area (Å²) in [4.78, 5) is 0. The number of furan rings is 1. The van der Waals surface area contributed by atoms with Gasteiger partial charge in [-0.25, -0.2) is 0 Å². The highest BCUT2D eigenvalue weighted by Gasteiger charge is 2.16. The standard InChI is InChI=1S/C26H26N4O5/c1-16-4-8-19(9-5-16)26-21-14-17(2)6-12-24(21)35-25(26)13-7-18(3)27-28-22-11-10-20(29(31)32)15-23(22)30(33)34/h4-6,8-12,14-15,28,33-34H,7,13H2,1-3H3/q-2. The molecule has 0 spiro atoms. The highest BCUT2D eigenvalue weighted by molar-refractivity contribution is 5.96. The number of benzene rings is 3. The van der Waals surface area contributed by atoms with Gasteiger partial charge >= 0.3 is 0 Å². The number of hydrogen-bond acceptors (Lipinski definition) is 9. The summed E-state index contributed by atoms with van der Waals surface area (Å²) < 4.78 is 6.23. The first-order valence-electron chi connectivity index (χ1n) is 11.1. The summed E-state index contributed by atoms with van der Waals surface area (Å²) >= 11 is 0. The van der Waals surface area contributed by atoms with Gasteiger partial charge < -0.3 is 20.1 Å². The van der Waals surface area contributed by atoms with E-state index in [2.05, 4.69) is 54.7 Å². The number of aryl methyl sites for hydroxylation is 3. The van der Waals surface area contributed by atoms with Crippen LogP contribution in [0.4, 0.5) is 17.1 Å². The lowest BCUT2D eigenvalue weighted by molar-refractivity contribution is 0.0295. The monoisotopic (exact) mass is 474 g/mol. The van der Waals surface area contributed by atoms with E-state index in [1.165, 1.54) is 17.7 Å². The summed E-state index contributed by atoms with van der Waals surface area (Å²) in [5.41, 5.74) is 8.56. The molecule has 3 N–H and O–H groups in total. The van der Waals surface area contributed by atoms with Crippen LogP contribution in [0, 0.1) is 24.3 Å². The smallest absolute Gasteiger partial charge is 0.134 e. The molecule has 4 aromatic rings. The summed E-state index contributed by atoms with van der Waals surface area (Å²) in [6.45, 7) is 5.95. The van der Waals surface area contributed by atoms with E-state index >= 15 is 0 Å². The van der Waals surface area contributed by atoms with Gasteiger partial charge in [-0.2, -0.15) is 5.10 Å². The van der Waals surface area contributed by atoms with Crippen LogP contribution < -0.4 is 15.9 Å². The van der Waals surface area contributed by atoms with Gasteiger partial charge in [0, 0.05) is 28.8 Å². The predicted molar refractivity (Wildman–Crippen MR) is 138 cm³/mol. The summed E-state index contributed by atoms with van der Waals surface area (Å²) in [6, 6.07) is 18.2. The zero-order chi connectivity index (χ0) is 25.1. The Morgan fingerprint density at radius 3 is 2.37 bits per heavy atom.